The number of sulfone groups is 1. The van der Waals surface area contributed by atoms with Crippen molar-refractivity contribution in [1.29, 1.82) is 0 Å². The van der Waals surface area contributed by atoms with Crippen LogP contribution in [0.4, 0.5) is 10.1 Å². The van der Waals surface area contributed by atoms with Crippen LogP contribution in [0.1, 0.15) is 6.42 Å². The number of anilines is 1. The summed E-state index contributed by atoms with van der Waals surface area (Å²) < 4.78 is 36.6. The number of hydrogen-bond donors (Lipinski definition) is 1. The zero-order valence-corrected chi connectivity index (χ0v) is 11.8. The lowest BCUT2D eigenvalue weighted by atomic mass is 10.2. The third-order valence-corrected chi connectivity index (χ3v) is 5.11. The van der Waals surface area contributed by atoms with E-state index in [0.717, 1.165) is 0 Å². The van der Waals surface area contributed by atoms with Gasteiger partial charge in [-0.3, -0.25) is 0 Å². The molecule has 1 heterocycles. The quantitative estimate of drug-likeness (QED) is 0.898. The second kappa shape index (κ2) is 5.88. The van der Waals surface area contributed by atoms with Gasteiger partial charge < -0.3 is 10.2 Å². The highest BCUT2D eigenvalue weighted by molar-refractivity contribution is 7.91. The van der Waals surface area contributed by atoms with E-state index in [-0.39, 0.29) is 23.4 Å². The minimum atomic E-state index is -2.91. The van der Waals surface area contributed by atoms with E-state index in [2.05, 4.69) is 5.32 Å². The van der Waals surface area contributed by atoms with Crippen LogP contribution >= 0.6 is 0 Å². The van der Waals surface area contributed by atoms with Crippen LogP contribution in [0.3, 0.4) is 0 Å². The van der Waals surface area contributed by atoms with E-state index in [1.165, 1.54) is 6.07 Å². The Kier molecular flexibility index (Phi) is 4.42. The zero-order chi connectivity index (χ0) is 13.9. The Labute approximate surface area is 113 Å². The Bertz CT molecular complexity index is 533. The molecule has 6 heteroatoms. The maximum Gasteiger partial charge on any atom is 0.153 e. The molecule has 19 heavy (non-hydrogen) atoms. The molecule has 0 aromatic heterocycles. The highest BCUT2D eigenvalue weighted by atomic mass is 32.2. The zero-order valence-electron chi connectivity index (χ0n) is 11.0. The Morgan fingerprint density at radius 2 is 2.16 bits per heavy atom. The lowest BCUT2D eigenvalue weighted by molar-refractivity contribution is 0.494. The summed E-state index contributed by atoms with van der Waals surface area (Å²) in [5.74, 6) is 0.138. The molecule has 0 bridgehead atoms. The summed E-state index contributed by atoms with van der Waals surface area (Å²) in [6, 6.07) is 6.56. The van der Waals surface area contributed by atoms with Gasteiger partial charge in [-0.15, -0.1) is 0 Å². The molecule has 1 aliphatic heterocycles. The summed E-state index contributed by atoms with van der Waals surface area (Å²) in [6.07, 6.45) is 0.685. The van der Waals surface area contributed by atoms with Crippen LogP contribution in [0.15, 0.2) is 24.3 Å². The molecule has 4 nitrogen and oxygen atoms in total. The van der Waals surface area contributed by atoms with Crippen molar-refractivity contribution >= 4 is 15.5 Å². The van der Waals surface area contributed by atoms with Gasteiger partial charge in [0.1, 0.15) is 5.82 Å². The largest absolute Gasteiger partial charge is 0.372 e. The predicted octanol–water partition coefficient (Wildman–Crippen LogP) is 1.04. The van der Waals surface area contributed by atoms with Gasteiger partial charge in [0, 0.05) is 26.2 Å². The van der Waals surface area contributed by atoms with Crippen molar-refractivity contribution in [3.8, 4) is 0 Å². The first kappa shape index (κ1) is 14.3. The van der Waals surface area contributed by atoms with Gasteiger partial charge in [-0.25, -0.2) is 12.8 Å². The van der Waals surface area contributed by atoms with Crippen molar-refractivity contribution in [1.82, 2.24) is 5.32 Å². The first-order valence-electron chi connectivity index (χ1n) is 6.37. The third kappa shape index (κ3) is 3.91. The summed E-state index contributed by atoms with van der Waals surface area (Å²) in [6.45, 7) is 1.13. The van der Waals surface area contributed by atoms with Gasteiger partial charge in [-0.2, -0.15) is 0 Å². The summed E-state index contributed by atoms with van der Waals surface area (Å²) in [5, 5.41) is 3.20. The normalized spacial score (nSPS) is 22.1. The first-order chi connectivity index (χ1) is 8.98. The van der Waals surface area contributed by atoms with Crippen LogP contribution in [-0.4, -0.2) is 46.1 Å². The average molecular weight is 286 g/mol. The van der Waals surface area contributed by atoms with Crippen LogP contribution in [0, 0.1) is 5.82 Å². The molecule has 106 valence electrons. The fourth-order valence-electron chi connectivity index (χ4n) is 2.28. The highest BCUT2D eigenvalue weighted by Gasteiger charge is 2.24. The van der Waals surface area contributed by atoms with Crippen LogP contribution in [0.2, 0.25) is 0 Å². The van der Waals surface area contributed by atoms with Gasteiger partial charge >= 0.3 is 0 Å². The standard InChI is InChI=1S/C13H19FN2O2S/c1-16(13-5-3-2-4-12(13)14)8-6-11-10-19(17,18)9-7-15-11/h2-5,11,15H,6-10H2,1H3. The molecule has 1 aromatic carbocycles. The first-order valence-corrected chi connectivity index (χ1v) is 8.19. The molecule has 1 fully saturated rings. The number of nitrogens with zero attached hydrogens (tertiary/aromatic N) is 1. The van der Waals surface area contributed by atoms with Crippen LogP contribution in [0.5, 0.6) is 0 Å². The Morgan fingerprint density at radius 3 is 2.84 bits per heavy atom. The molecule has 1 saturated heterocycles. The van der Waals surface area contributed by atoms with Crippen LogP contribution < -0.4 is 10.2 Å². The Hall–Kier alpha value is -1.14. The van der Waals surface area contributed by atoms with E-state index in [1.54, 1.807) is 18.2 Å². The van der Waals surface area contributed by atoms with Gasteiger partial charge in [0.05, 0.1) is 17.2 Å². The molecule has 1 N–H and O–H groups in total. The van der Waals surface area contributed by atoms with Gasteiger partial charge in [0.2, 0.25) is 0 Å². The maximum atomic E-state index is 13.6. The Balaban J connectivity index is 1.90. The molecular weight excluding hydrogens is 267 g/mol. The fourth-order valence-corrected chi connectivity index (χ4v) is 3.78. The molecule has 0 aliphatic carbocycles. The van der Waals surface area contributed by atoms with Crippen molar-refractivity contribution in [2.75, 3.05) is 36.5 Å². The molecule has 1 unspecified atom stereocenters. The van der Waals surface area contributed by atoms with E-state index in [0.29, 0.717) is 25.2 Å². The van der Waals surface area contributed by atoms with E-state index < -0.39 is 9.84 Å². The second-order valence-corrected chi connectivity index (χ2v) is 7.16. The molecule has 1 aliphatic rings. The predicted molar refractivity (Wildman–Crippen MR) is 74.7 cm³/mol. The SMILES string of the molecule is CN(CCC1CS(=O)(=O)CCN1)c1ccccc1F. The molecule has 0 radical (unpaired) electrons. The molecule has 1 aromatic rings. The summed E-state index contributed by atoms with van der Waals surface area (Å²) in [7, 11) is -1.09. The van der Waals surface area contributed by atoms with Gasteiger partial charge in [-0.05, 0) is 18.6 Å². The van der Waals surface area contributed by atoms with Gasteiger partial charge in [-0.1, -0.05) is 12.1 Å². The lowest BCUT2D eigenvalue weighted by Crippen LogP contribution is -2.46. The molecule has 2 rings (SSSR count). The van der Waals surface area contributed by atoms with E-state index in [9.17, 15) is 12.8 Å². The number of benzene rings is 1. The number of hydrogen-bond acceptors (Lipinski definition) is 4. The number of rotatable bonds is 4. The molecule has 0 amide bonds. The average Bonchev–Trinajstić information content (AvgIpc) is 2.35. The monoisotopic (exact) mass is 286 g/mol. The van der Waals surface area contributed by atoms with Crippen LogP contribution in [0.25, 0.3) is 0 Å². The van der Waals surface area contributed by atoms with Crippen molar-refractivity contribution in [3.63, 3.8) is 0 Å². The van der Waals surface area contributed by atoms with Crippen LogP contribution in [-0.2, 0) is 9.84 Å². The maximum absolute atomic E-state index is 13.6. The number of nitrogens with one attached hydrogen (secondary N) is 1. The second-order valence-electron chi connectivity index (χ2n) is 4.93. The van der Waals surface area contributed by atoms with Crippen molar-refractivity contribution in [3.05, 3.63) is 30.1 Å². The topological polar surface area (TPSA) is 49.4 Å². The fraction of sp³-hybridized carbons (Fsp3) is 0.538. The molecule has 1 atom stereocenters. The number of halogens is 1. The summed E-state index contributed by atoms with van der Waals surface area (Å²) >= 11 is 0. The van der Waals surface area contributed by atoms with E-state index >= 15 is 0 Å². The lowest BCUT2D eigenvalue weighted by Gasteiger charge is -2.27. The van der Waals surface area contributed by atoms with E-state index in [1.807, 2.05) is 11.9 Å². The van der Waals surface area contributed by atoms with Crippen molar-refractivity contribution in [2.24, 2.45) is 0 Å². The molecule has 0 spiro atoms. The van der Waals surface area contributed by atoms with Crippen molar-refractivity contribution < 1.29 is 12.8 Å². The number of para-hydroxylation sites is 1. The Morgan fingerprint density at radius 1 is 1.42 bits per heavy atom. The van der Waals surface area contributed by atoms with E-state index in [4.69, 9.17) is 0 Å². The minimum Gasteiger partial charge on any atom is -0.372 e. The van der Waals surface area contributed by atoms with Gasteiger partial charge in [0.15, 0.2) is 9.84 Å². The highest BCUT2D eigenvalue weighted by Crippen LogP contribution is 2.17. The molecular formula is C13H19FN2O2S. The van der Waals surface area contributed by atoms with Crippen molar-refractivity contribution in [2.45, 2.75) is 12.5 Å². The third-order valence-electron chi connectivity index (χ3n) is 3.38. The van der Waals surface area contributed by atoms with Gasteiger partial charge in [0.25, 0.3) is 0 Å². The minimum absolute atomic E-state index is 0.0343. The molecule has 0 saturated carbocycles. The smallest absolute Gasteiger partial charge is 0.153 e. The summed E-state index contributed by atoms with van der Waals surface area (Å²) in [5.41, 5.74) is 0.543. The summed E-state index contributed by atoms with van der Waals surface area (Å²) in [4.78, 5) is 1.82.